The summed E-state index contributed by atoms with van der Waals surface area (Å²) in [7, 11) is -3.69. The average Bonchev–Trinajstić information content (AvgIpc) is 3.07. The fourth-order valence-electron chi connectivity index (χ4n) is 3.03. The van der Waals surface area contributed by atoms with Gasteiger partial charge in [-0.3, -0.25) is 4.98 Å². The number of hydrogen-bond acceptors (Lipinski definition) is 7. The third kappa shape index (κ3) is 3.18. The van der Waals surface area contributed by atoms with E-state index in [1.807, 2.05) is 11.0 Å². The molecule has 10 heteroatoms. The lowest BCUT2D eigenvalue weighted by Crippen LogP contribution is -2.48. The maximum atomic E-state index is 12.9. The van der Waals surface area contributed by atoms with Crippen LogP contribution in [0, 0.1) is 11.3 Å². The molecule has 27 heavy (non-hydrogen) atoms. The number of nitriles is 1. The van der Waals surface area contributed by atoms with Gasteiger partial charge in [0, 0.05) is 38.4 Å². The molecule has 9 nitrogen and oxygen atoms in total. The Kier molecular flexibility index (Phi) is 4.18. The van der Waals surface area contributed by atoms with E-state index in [9.17, 15) is 13.2 Å². The van der Waals surface area contributed by atoms with E-state index in [1.165, 1.54) is 28.7 Å². The van der Waals surface area contributed by atoms with E-state index in [4.69, 9.17) is 9.68 Å². The molecule has 1 N–H and O–H groups in total. The first kappa shape index (κ1) is 17.3. The molecule has 1 aliphatic rings. The quantitative estimate of drug-likeness (QED) is 0.710. The van der Waals surface area contributed by atoms with Crippen LogP contribution < -0.4 is 10.7 Å². The number of rotatable bonds is 3. The number of aromatic nitrogens is 2. The second-order valence-corrected chi connectivity index (χ2v) is 8.02. The molecule has 3 heterocycles. The summed E-state index contributed by atoms with van der Waals surface area (Å²) in [6.45, 7) is 1.58. The number of H-pyrrole nitrogens is 1. The fraction of sp³-hybridized carbons (Fsp3) is 0.235. The lowest BCUT2D eigenvalue weighted by Gasteiger charge is -2.34. The van der Waals surface area contributed by atoms with E-state index in [0.29, 0.717) is 43.1 Å². The summed E-state index contributed by atoms with van der Waals surface area (Å²) in [6.07, 6.45) is 1.50. The van der Waals surface area contributed by atoms with Crippen molar-refractivity contribution >= 4 is 26.9 Å². The molecule has 0 unspecified atom stereocenters. The molecular weight excluding hydrogens is 370 g/mol. The Balaban J connectivity index is 1.51. The van der Waals surface area contributed by atoms with Crippen LogP contribution in [0.2, 0.25) is 0 Å². The number of hydrogen-bond donors (Lipinski definition) is 1. The van der Waals surface area contributed by atoms with Crippen LogP contribution in [0.15, 0.2) is 50.6 Å². The maximum Gasteiger partial charge on any atom is 0.417 e. The molecule has 1 aromatic carbocycles. The van der Waals surface area contributed by atoms with Gasteiger partial charge in [0.1, 0.15) is 11.9 Å². The van der Waals surface area contributed by atoms with E-state index in [2.05, 4.69) is 9.97 Å². The summed E-state index contributed by atoms with van der Waals surface area (Å²) in [6, 6.07) is 9.79. The highest BCUT2D eigenvalue weighted by atomic mass is 32.2. The van der Waals surface area contributed by atoms with Crippen LogP contribution in [0.5, 0.6) is 0 Å². The Morgan fingerprint density at radius 3 is 2.59 bits per heavy atom. The molecule has 0 amide bonds. The molecule has 2 aromatic heterocycles. The third-order valence-corrected chi connectivity index (χ3v) is 6.36. The van der Waals surface area contributed by atoms with Gasteiger partial charge in [0.05, 0.1) is 16.0 Å². The van der Waals surface area contributed by atoms with Gasteiger partial charge in [-0.1, -0.05) is 0 Å². The van der Waals surface area contributed by atoms with Gasteiger partial charge in [0.25, 0.3) is 0 Å². The summed E-state index contributed by atoms with van der Waals surface area (Å²) in [5.74, 6) is 0.0876. The number of anilines is 1. The van der Waals surface area contributed by atoms with Gasteiger partial charge in [-0.05, 0) is 24.3 Å². The third-order valence-electron chi connectivity index (χ3n) is 4.47. The van der Waals surface area contributed by atoms with E-state index in [-0.39, 0.29) is 10.5 Å². The van der Waals surface area contributed by atoms with Crippen molar-refractivity contribution in [2.75, 3.05) is 31.1 Å². The Morgan fingerprint density at radius 2 is 1.93 bits per heavy atom. The van der Waals surface area contributed by atoms with Gasteiger partial charge < -0.3 is 9.32 Å². The summed E-state index contributed by atoms with van der Waals surface area (Å²) in [5, 5.41) is 8.84. The van der Waals surface area contributed by atoms with Gasteiger partial charge >= 0.3 is 5.76 Å². The Labute approximate surface area is 154 Å². The summed E-state index contributed by atoms with van der Waals surface area (Å²) < 4.78 is 32.1. The molecule has 3 aromatic rings. The van der Waals surface area contributed by atoms with Crippen LogP contribution >= 0.6 is 0 Å². The van der Waals surface area contributed by atoms with Crippen LogP contribution in [0.1, 0.15) is 5.56 Å². The number of nitrogens with one attached hydrogen (secondary N) is 1. The van der Waals surface area contributed by atoms with Crippen molar-refractivity contribution in [3.63, 3.8) is 0 Å². The van der Waals surface area contributed by atoms with Crippen molar-refractivity contribution in [1.29, 1.82) is 5.26 Å². The molecular formula is C17H15N5O4S. The van der Waals surface area contributed by atoms with Crippen molar-refractivity contribution in [3.05, 3.63) is 52.6 Å². The van der Waals surface area contributed by atoms with Crippen LogP contribution in [-0.4, -0.2) is 48.9 Å². The summed E-state index contributed by atoms with van der Waals surface area (Å²) >= 11 is 0. The number of fused-ring (bicyclic) bond motifs is 1. The summed E-state index contributed by atoms with van der Waals surface area (Å²) in [4.78, 5) is 20.0. The molecule has 4 rings (SSSR count). The predicted octanol–water partition coefficient (Wildman–Crippen LogP) is 0.899. The number of benzene rings is 1. The van der Waals surface area contributed by atoms with Crippen molar-refractivity contribution in [1.82, 2.24) is 14.3 Å². The Bertz CT molecular complexity index is 1180. The van der Waals surface area contributed by atoms with Crippen LogP contribution in [0.25, 0.3) is 11.1 Å². The van der Waals surface area contributed by atoms with Crippen LogP contribution in [-0.2, 0) is 10.0 Å². The normalized spacial score (nSPS) is 15.7. The zero-order valence-electron chi connectivity index (χ0n) is 14.1. The molecule has 1 aliphatic heterocycles. The molecule has 0 saturated carbocycles. The number of oxazole rings is 1. The number of pyridine rings is 1. The first-order valence-corrected chi connectivity index (χ1v) is 9.65. The SMILES string of the molecule is N#Cc1ccc(N2CCN(S(=O)(=O)c3ccc4[nH]c(=O)oc4c3)CC2)nc1. The summed E-state index contributed by atoms with van der Waals surface area (Å²) in [5.41, 5.74) is 1.14. The topological polar surface area (TPSA) is 123 Å². The van der Waals surface area contributed by atoms with Crippen molar-refractivity contribution < 1.29 is 12.8 Å². The number of nitrogens with zero attached hydrogens (tertiary/aromatic N) is 4. The molecule has 0 radical (unpaired) electrons. The highest BCUT2D eigenvalue weighted by Crippen LogP contribution is 2.22. The van der Waals surface area contributed by atoms with Gasteiger partial charge in [0.2, 0.25) is 10.0 Å². The van der Waals surface area contributed by atoms with Gasteiger partial charge in [-0.15, -0.1) is 0 Å². The standard InChI is InChI=1S/C17H15N5O4S/c18-10-12-1-4-16(19-11-12)21-5-7-22(8-6-21)27(24,25)13-2-3-14-15(9-13)26-17(23)20-14/h1-4,9,11H,5-8H2,(H,20,23). The second kappa shape index (κ2) is 6.53. The van der Waals surface area contributed by atoms with Crippen LogP contribution in [0.3, 0.4) is 0 Å². The Hall–Kier alpha value is -3.16. The molecule has 138 valence electrons. The number of aromatic amines is 1. The second-order valence-electron chi connectivity index (χ2n) is 6.08. The first-order chi connectivity index (χ1) is 13.0. The zero-order valence-corrected chi connectivity index (χ0v) is 14.9. The van der Waals surface area contributed by atoms with Crippen LogP contribution in [0.4, 0.5) is 5.82 Å². The van der Waals surface area contributed by atoms with E-state index in [1.54, 1.807) is 12.1 Å². The molecule has 0 aliphatic carbocycles. The lowest BCUT2D eigenvalue weighted by atomic mass is 10.3. The Morgan fingerprint density at radius 1 is 1.15 bits per heavy atom. The first-order valence-electron chi connectivity index (χ1n) is 8.21. The van der Waals surface area contributed by atoms with Gasteiger partial charge in [0.15, 0.2) is 5.58 Å². The largest absolute Gasteiger partial charge is 0.417 e. The molecule has 0 atom stereocenters. The average molecular weight is 385 g/mol. The zero-order chi connectivity index (χ0) is 19.0. The van der Waals surface area contributed by atoms with E-state index < -0.39 is 15.8 Å². The minimum Gasteiger partial charge on any atom is -0.408 e. The maximum absolute atomic E-state index is 12.9. The molecule has 0 bridgehead atoms. The van der Waals surface area contributed by atoms with Gasteiger partial charge in [-0.2, -0.15) is 9.57 Å². The predicted molar refractivity (Wildman–Crippen MR) is 96.8 cm³/mol. The van der Waals surface area contributed by atoms with Crippen molar-refractivity contribution in [3.8, 4) is 6.07 Å². The van der Waals surface area contributed by atoms with Crippen molar-refractivity contribution in [2.45, 2.75) is 4.90 Å². The lowest BCUT2D eigenvalue weighted by molar-refractivity contribution is 0.384. The minimum absolute atomic E-state index is 0.0858. The highest BCUT2D eigenvalue weighted by molar-refractivity contribution is 7.89. The van der Waals surface area contributed by atoms with Crippen molar-refractivity contribution in [2.24, 2.45) is 0 Å². The molecule has 1 saturated heterocycles. The van der Waals surface area contributed by atoms with E-state index in [0.717, 1.165) is 0 Å². The number of piperazine rings is 1. The van der Waals surface area contributed by atoms with Gasteiger partial charge in [-0.25, -0.2) is 18.2 Å². The minimum atomic E-state index is -3.69. The highest BCUT2D eigenvalue weighted by Gasteiger charge is 2.29. The number of sulfonamides is 1. The monoisotopic (exact) mass is 385 g/mol. The van der Waals surface area contributed by atoms with E-state index >= 15 is 0 Å². The molecule has 0 spiro atoms. The smallest absolute Gasteiger partial charge is 0.408 e. The fourth-order valence-corrected chi connectivity index (χ4v) is 4.47. The molecule has 1 fully saturated rings.